The fourth-order valence-electron chi connectivity index (χ4n) is 9.34. The molecule has 0 spiro atoms. The van der Waals surface area contributed by atoms with Gasteiger partial charge < -0.3 is 23.4 Å². The van der Waals surface area contributed by atoms with E-state index in [1.54, 1.807) is 35.8 Å². The van der Waals surface area contributed by atoms with Crippen LogP contribution in [0, 0.1) is 0 Å². The van der Waals surface area contributed by atoms with Gasteiger partial charge in [-0.3, -0.25) is 14.1 Å². The number of nitrogens with one attached hydrogen (secondary N) is 1. The molecule has 0 radical (unpaired) electrons. The molecule has 14 heteroatoms. The summed E-state index contributed by atoms with van der Waals surface area (Å²) in [7, 11) is 0. The first-order chi connectivity index (χ1) is 33.7. The Labute approximate surface area is 384 Å². The van der Waals surface area contributed by atoms with Crippen LogP contribution in [0.5, 0.6) is 23.5 Å². The van der Waals surface area contributed by atoms with E-state index in [1.807, 2.05) is 127 Å². The molecule has 14 rings (SSSR count). The summed E-state index contributed by atoms with van der Waals surface area (Å²) in [5.41, 5.74) is 11.2. The maximum atomic E-state index is 6.48. The maximum Gasteiger partial charge on any atom is 0.290 e. The molecule has 0 fully saturated rings. The second-order valence-electron chi connectivity index (χ2n) is 16.3. The highest BCUT2D eigenvalue weighted by molar-refractivity contribution is 6.08. The quantitative estimate of drug-likeness (QED) is 0.150. The minimum Gasteiger partial charge on any atom is -0.426 e. The van der Waals surface area contributed by atoms with Gasteiger partial charge in [0.2, 0.25) is 11.8 Å². The fraction of sp³-hybridized carbons (Fsp3) is 0. The summed E-state index contributed by atoms with van der Waals surface area (Å²) < 4.78 is 25.5. The topological polar surface area (TPSA) is 144 Å². The molecule has 4 aromatic carbocycles. The Morgan fingerprint density at radius 2 is 1.26 bits per heavy atom. The van der Waals surface area contributed by atoms with Gasteiger partial charge in [0, 0.05) is 75.2 Å². The lowest BCUT2D eigenvalue weighted by Crippen LogP contribution is -2.08. The summed E-state index contributed by atoms with van der Waals surface area (Å²) in [6, 6.07) is 54.3. The Kier molecular flexibility index (Phi) is 8.21. The number of aromatic nitrogens is 11. The van der Waals surface area contributed by atoms with Crippen molar-refractivity contribution in [1.29, 1.82) is 0 Å². The van der Waals surface area contributed by atoms with Gasteiger partial charge in [0.25, 0.3) is 5.95 Å². The van der Waals surface area contributed by atoms with Crippen LogP contribution in [0.25, 0.3) is 100 Å². The van der Waals surface area contributed by atoms with Crippen LogP contribution in [0.1, 0.15) is 0 Å². The Morgan fingerprint density at radius 1 is 0.515 bits per heavy atom. The summed E-state index contributed by atoms with van der Waals surface area (Å²) in [5, 5.41) is 12.7. The molecular formula is C54H33N11O3. The van der Waals surface area contributed by atoms with Gasteiger partial charge in [-0.2, -0.15) is 10.2 Å². The standard InChI is InChI=1S/C54H33N11O3/c1-3-8-35(9-4-1)62-45-16-14-41(44-18-20-50(65-57-26-27-58-65)63(44)36-10-5-2-6-11-36)60-52(45)53-46(62)17-19-48(61-53)68-49-30-33-29-47-34(28-42(33)59-49)31-51(67-47)66-38-13-15-43-40(32-38)39-12-7-23-56-54(39)64(43)37-21-24-55-25-22-37/h1-32,59H. The molecule has 0 amide bonds. The fourth-order valence-corrected chi connectivity index (χ4v) is 9.34. The number of hydrogen-bond donors (Lipinski definition) is 1. The summed E-state index contributed by atoms with van der Waals surface area (Å²) in [6.45, 7) is 0. The van der Waals surface area contributed by atoms with Crippen LogP contribution in [0.15, 0.2) is 199 Å². The van der Waals surface area contributed by atoms with E-state index >= 15 is 0 Å². The number of hydrogen-bond acceptors (Lipinski definition) is 9. The van der Waals surface area contributed by atoms with Crippen LogP contribution in [-0.4, -0.2) is 53.6 Å². The number of aromatic amines is 1. The SMILES string of the molecule is c1ccc(-n2c(-c3ccc4c(n3)c3nc(Oc5cc6cc7oc(Oc8ccc9c(c8)c8cccnc8n9-c8ccncc8)cc7cc6[nH]5)ccc3n4-c3ccccc3)ccc2-n2nccn2)cc1. The van der Waals surface area contributed by atoms with Crippen molar-refractivity contribution in [3.63, 3.8) is 0 Å². The third-order valence-electron chi connectivity index (χ3n) is 12.3. The highest BCUT2D eigenvalue weighted by Crippen LogP contribution is 2.39. The predicted octanol–water partition coefficient (Wildman–Crippen LogP) is 12.3. The zero-order chi connectivity index (χ0) is 44.7. The molecule has 0 aliphatic rings. The van der Waals surface area contributed by atoms with Crippen molar-refractivity contribution in [2.45, 2.75) is 0 Å². The molecule has 0 aliphatic heterocycles. The van der Waals surface area contributed by atoms with Crippen molar-refractivity contribution < 1.29 is 13.9 Å². The first kappa shape index (κ1) is 37.5. The highest BCUT2D eigenvalue weighted by Gasteiger charge is 2.21. The lowest BCUT2D eigenvalue weighted by atomic mass is 10.2. The van der Waals surface area contributed by atoms with Crippen LogP contribution < -0.4 is 9.47 Å². The largest absolute Gasteiger partial charge is 0.426 e. The van der Waals surface area contributed by atoms with E-state index in [0.717, 1.165) is 89.0 Å². The molecule has 0 aliphatic carbocycles. The number of fused-ring (bicyclic) bond motifs is 8. The summed E-state index contributed by atoms with van der Waals surface area (Å²) in [6.07, 6.45) is 8.71. The Morgan fingerprint density at radius 3 is 2.09 bits per heavy atom. The van der Waals surface area contributed by atoms with Crippen molar-refractivity contribution in [2.75, 3.05) is 0 Å². The number of furan rings is 1. The third kappa shape index (κ3) is 6.05. The normalized spacial score (nSPS) is 11.8. The van der Waals surface area contributed by atoms with Crippen molar-refractivity contribution in [3.8, 4) is 57.7 Å². The minimum absolute atomic E-state index is 0.382. The molecule has 0 saturated heterocycles. The number of rotatable bonds is 9. The second-order valence-corrected chi connectivity index (χ2v) is 16.3. The minimum atomic E-state index is 0.382. The molecule has 1 N–H and O–H groups in total. The molecule has 0 unspecified atom stereocenters. The predicted molar refractivity (Wildman–Crippen MR) is 261 cm³/mol. The van der Waals surface area contributed by atoms with Gasteiger partial charge in [-0.05, 0) is 109 Å². The number of ether oxygens (including phenoxy) is 2. The van der Waals surface area contributed by atoms with Gasteiger partial charge in [0.15, 0.2) is 5.82 Å². The number of para-hydroxylation sites is 2. The molecule has 14 nitrogen and oxygen atoms in total. The van der Waals surface area contributed by atoms with E-state index in [9.17, 15) is 0 Å². The van der Waals surface area contributed by atoms with E-state index < -0.39 is 0 Å². The maximum absolute atomic E-state index is 6.48. The van der Waals surface area contributed by atoms with Gasteiger partial charge in [-0.15, -0.1) is 4.80 Å². The Bertz CT molecular complexity index is 4160. The Hall–Kier alpha value is -9.82. The van der Waals surface area contributed by atoms with Crippen molar-refractivity contribution in [2.24, 2.45) is 0 Å². The third-order valence-corrected chi connectivity index (χ3v) is 12.3. The van der Waals surface area contributed by atoms with Crippen molar-refractivity contribution in [1.82, 2.24) is 53.6 Å². The van der Waals surface area contributed by atoms with Crippen LogP contribution in [-0.2, 0) is 0 Å². The van der Waals surface area contributed by atoms with Gasteiger partial charge in [-0.1, -0.05) is 36.4 Å². The van der Waals surface area contributed by atoms with E-state index in [4.69, 9.17) is 28.8 Å². The van der Waals surface area contributed by atoms with Crippen molar-refractivity contribution in [3.05, 3.63) is 195 Å². The first-order valence-corrected chi connectivity index (χ1v) is 21.9. The van der Waals surface area contributed by atoms with Crippen LogP contribution in [0.2, 0.25) is 0 Å². The molecule has 10 heterocycles. The average Bonchev–Trinajstić information content (AvgIpc) is 4.26. The summed E-state index contributed by atoms with van der Waals surface area (Å²) in [4.78, 5) is 24.4. The molecule has 10 aromatic heterocycles. The smallest absolute Gasteiger partial charge is 0.290 e. The van der Waals surface area contributed by atoms with Crippen LogP contribution in [0.3, 0.4) is 0 Å². The molecule has 0 bridgehead atoms. The lowest BCUT2D eigenvalue weighted by molar-refractivity contribution is 0.361. The molecule has 68 heavy (non-hydrogen) atoms. The average molecular weight is 884 g/mol. The lowest BCUT2D eigenvalue weighted by Gasteiger charge is -2.13. The molecule has 0 atom stereocenters. The van der Waals surface area contributed by atoms with E-state index in [1.165, 1.54) is 0 Å². The second kappa shape index (κ2) is 14.9. The molecule has 322 valence electrons. The zero-order valence-corrected chi connectivity index (χ0v) is 35.7. The van der Waals surface area contributed by atoms with Gasteiger partial charge in [-0.25, -0.2) is 15.0 Å². The Balaban J connectivity index is 0.800. The van der Waals surface area contributed by atoms with Crippen molar-refractivity contribution >= 4 is 65.9 Å². The van der Waals surface area contributed by atoms with Gasteiger partial charge in [0.1, 0.15) is 28.0 Å². The van der Waals surface area contributed by atoms with Crippen LogP contribution in [0.4, 0.5) is 0 Å². The number of pyridine rings is 4. The van der Waals surface area contributed by atoms with Crippen LogP contribution >= 0.6 is 0 Å². The van der Waals surface area contributed by atoms with Gasteiger partial charge >= 0.3 is 0 Å². The summed E-state index contributed by atoms with van der Waals surface area (Å²) >= 11 is 0. The van der Waals surface area contributed by atoms with Gasteiger partial charge in [0.05, 0.1) is 46.0 Å². The summed E-state index contributed by atoms with van der Waals surface area (Å²) in [5.74, 6) is 2.77. The first-order valence-electron chi connectivity index (χ1n) is 21.9. The number of benzene rings is 4. The van der Waals surface area contributed by atoms with E-state index in [-0.39, 0.29) is 0 Å². The van der Waals surface area contributed by atoms with E-state index in [2.05, 4.69) is 70.3 Å². The molecular weight excluding hydrogens is 851 g/mol. The monoisotopic (exact) mass is 883 g/mol. The zero-order valence-electron chi connectivity index (χ0n) is 35.7. The molecule has 14 aromatic rings. The highest BCUT2D eigenvalue weighted by atomic mass is 16.6. The number of H-pyrrole nitrogens is 1. The number of nitrogens with zero attached hydrogens (tertiary/aromatic N) is 10. The van der Waals surface area contributed by atoms with E-state index in [0.29, 0.717) is 34.6 Å². The molecule has 0 saturated carbocycles.